The summed E-state index contributed by atoms with van der Waals surface area (Å²) in [6.07, 6.45) is 3.27. The topological polar surface area (TPSA) is 49.8 Å². The minimum Gasteiger partial charge on any atom is -0.373 e. The first-order chi connectivity index (χ1) is 8.86. The van der Waals surface area contributed by atoms with Gasteiger partial charge in [0.2, 0.25) is 0 Å². The molecule has 1 rings (SSSR count). The van der Waals surface area contributed by atoms with Gasteiger partial charge in [-0.3, -0.25) is 0 Å². The standard InChI is InChI=1S/C14H26N4S/c1-10(19-6)7-8-16-12-9-11(15-5)17-13(18-12)14(2,3)4/h9-10H,7-8H2,1-6H3,(H2,15,16,17,18). The first-order valence-corrected chi connectivity index (χ1v) is 7.99. The van der Waals surface area contributed by atoms with Crippen LogP contribution in [0.15, 0.2) is 6.07 Å². The summed E-state index contributed by atoms with van der Waals surface area (Å²) in [4.78, 5) is 9.12. The van der Waals surface area contributed by atoms with Crippen molar-refractivity contribution in [2.24, 2.45) is 0 Å². The van der Waals surface area contributed by atoms with Crippen LogP contribution in [0, 0.1) is 0 Å². The lowest BCUT2D eigenvalue weighted by Gasteiger charge is -2.19. The summed E-state index contributed by atoms with van der Waals surface area (Å²) in [5.74, 6) is 2.62. The smallest absolute Gasteiger partial charge is 0.138 e. The van der Waals surface area contributed by atoms with E-state index in [1.807, 2.05) is 24.9 Å². The zero-order valence-corrected chi connectivity index (χ0v) is 13.7. The van der Waals surface area contributed by atoms with Gasteiger partial charge in [0.05, 0.1) is 0 Å². The highest BCUT2D eigenvalue weighted by atomic mass is 32.2. The van der Waals surface area contributed by atoms with E-state index in [0.717, 1.165) is 30.4 Å². The van der Waals surface area contributed by atoms with Crippen molar-refractivity contribution < 1.29 is 0 Å². The van der Waals surface area contributed by atoms with E-state index >= 15 is 0 Å². The number of nitrogens with zero attached hydrogens (tertiary/aromatic N) is 2. The molecule has 108 valence electrons. The Kier molecular flexibility index (Phi) is 5.91. The molecule has 1 aromatic heterocycles. The fourth-order valence-corrected chi connectivity index (χ4v) is 1.88. The number of aromatic nitrogens is 2. The van der Waals surface area contributed by atoms with Crippen molar-refractivity contribution in [2.45, 2.75) is 44.8 Å². The second-order valence-electron chi connectivity index (χ2n) is 5.72. The lowest BCUT2D eigenvalue weighted by Crippen LogP contribution is -2.18. The third-order valence-electron chi connectivity index (χ3n) is 2.91. The molecule has 2 N–H and O–H groups in total. The maximum Gasteiger partial charge on any atom is 0.138 e. The average Bonchev–Trinajstić information content (AvgIpc) is 2.37. The molecule has 1 unspecified atom stereocenters. The van der Waals surface area contributed by atoms with Gasteiger partial charge in [0, 0.05) is 30.3 Å². The average molecular weight is 282 g/mol. The summed E-state index contributed by atoms with van der Waals surface area (Å²) >= 11 is 1.89. The number of rotatable bonds is 6. The Labute approximate surface area is 121 Å². The van der Waals surface area contributed by atoms with E-state index in [0.29, 0.717) is 5.25 Å². The lowest BCUT2D eigenvalue weighted by molar-refractivity contribution is 0.546. The zero-order chi connectivity index (χ0) is 14.5. The van der Waals surface area contributed by atoms with Gasteiger partial charge >= 0.3 is 0 Å². The van der Waals surface area contributed by atoms with Crippen LogP contribution in [0.5, 0.6) is 0 Å². The first-order valence-electron chi connectivity index (χ1n) is 6.70. The molecule has 1 aromatic rings. The van der Waals surface area contributed by atoms with Gasteiger partial charge in [-0.15, -0.1) is 0 Å². The van der Waals surface area contributed by atoms with E-state index in [1.54, 1.807) is 0 Å². The van der Waals surface area contributed by atoms with Gasteiger partial charge in [-0.2, -0.15) is 11.8 Å². The third kappa shape index (κ3) is 5.27. The van der Waals surface area contributed by atoms with Crippen molar-refractivity contribution in [3.63, 3.8) is 0 Å². The SMILES string of the molecule is CNc1cc(NCCC(C)SC)nc(C(C)(C)C)n1. The van der Waals surface area contributed by atoms with Crippen LogP contribution in [0.4, 0.5) is 11.6 Å². The van der Waals surface area contributed by atoms with Crippen LogP contribution in [-0.4, -0.2) is 35.1 Å². The highest BCUT2D eigenvalue weighted by molar-refractivity contribution is 7.99. The normalized spacial score (nSPS) is 13.2. The van der Waals surface area contributed by atoms with Crippen LogP contribution in [0.2, 0.25) is 0 Å². The van der Waals surface area contributed by atoms with Gasteiger partial charge in [0.25, 0.3) is 0 Å². The van der Waals surface area contributed by atoms with Gasteiger partial charge < -0.3 is 10.6 Å². The molecule has 1 heterocycles. The summed E-state index contributed by atoms with van der Waals surface area (Å²) < 4.78 is 0. The first kappa shape index (κ1) is 16.1. The Bertz CT molecular complexity index is 401. The molecule has 0 aromatic carbocycles. The van der Waals surface area contributed by atoms with Crippen molar-refractivity contribution in [1.29, 1.82) is 0 Å². The highest BCUT2D eigenvalue weighted by Gasteiger charge is 2.18. The fourth-order valence-electron chi connectivity index (χ4n) is 1.52. The van der Waals surface area contributed by atoms with E-state index in [4.69, 9.17) is 0 Å². The second-order valence-corrected chi connectivity index (χ2v) is 7.00. The molecule has 0 aliphatic rings. The van der Waals surface area contributed by atoms with Crippen LogP contribution in [-0.2, 0) is 5.41 Å². The van der Waals surface area contributed by atoms with E-state index in [1.165, 1.54) is 0 Å². The molecule has 0 bridgehead atoms. The van der Waals surface area contributed by atoms with Crippen molar-refractivity contribution in [3.05, 3.63) is 11.9 Å². The van der Waals surface area contributed by atoms with Crippen molar-refractivity contribution in [3.8, 4) is 0 Å². The molecular weight excluding hydrogens is 256 g/mol. The molecule has 0 aliphatic heterocycles. The van der Waals surface area contributed by atoms with Crippen LogP contribution in [0.25, 0.3) is 0 Å². The quantitative estimate of drug-likeness (QED) is 0.838. The van der Waals surface area contributed by atoms with Gasteiger partial charge in [-0.05, 0) is 12.7 Å². The summed E-state index contributed by atoms with van der Waals surface area (Å²) in [6.45, 7) is 9.56. The van der Waals surface area contributed by atoms with Crippen molar-refractivity contribution >= 4 is 23.4 Å². The lowest BCUT2D eigenvalue weighted by atomic mass is 9.96. The summed E-state index contributed by atoms with van der Waals surface area (Å²) in [6, 6.07) is 1.96. The van der Waals surface area contributed by atoms with Gasteiger partial charge in [-0.1, -0.05) is 27.7 Å². The highest BCUT2D eigenvalue weighted by Crippen LogP contribution is 2.22. The molecular formula is C14H26N4S. The number of thioether (sulfide) groups is 1. The van der Waals surface area contributed by atoms with E-state index < -0.39 is 0 Å². The summed E-state index contributed by atoms with van der Waals surface area (Å²) in [5.41, 5.74) is -0.0458. The largest absolute Gasteiger partial charge is 0.373 e. The Hall–Kier alpha value is -0.970. The molecule has 0 aliphatic carbocycles. The number of hydrogen-bond donors (Lipinski definition) is 2. The molecule has 0 radical (unpaired) electrons. The Morgan fingerprint density at radius 3 is 2.42 bits per heavy atom. The fraction of sp³-hybridized carbons (Fsp3) is 0.714. The van der Waals surface area contributed by atoms with E-state index in [-0.39, 0.29) is 5.41 Å². The van der Waals surface area contributed by atoms with E-state index in [9.17, 15) is 0 Å². The van der Waals surface area contributed by atoms with Crippen molar-refractivity contribution in [2.75, 3.05) is 30.5 Å². The molecule has 0 spiro atoms. The van der Waals surface area contributed by atoms with E-state index in [2.05, 4.69) is 54.6 Å². The van der Waals surface area contributed by atoms with Crippen LogP contribution >= 0.6 is 11.8 Å². The molecule has 0 saturated carbocycles. The number of anilines is 2. The number of hydrogen-bond acceptors (Lipinski definition) is 5. The minimum absolute atomic E-state index is 0.0458. The minimum atomic E-state index is -0.0458. The summed E-state index contributed by atoms with van der Waals surface area (Å²) in [7, 11) is 1.88. The van der Waals surface area contributed by atoms with Crippen LogP contribution in [0.1, 0.15) is 39.9 Å². The Morgan fingerprint density at radius 1 is 1.26 bits per heavy atom. The Balaban J connectivity index is 2.77. The third-order valence-corrected chi connectivity index (χ3v) is 3.95. The summed E-state index contributed by atoms with van der Waals surface area (Å²) in [5, 5.41) is 7.15. The molecule has 0 saturated heterocycles. The molecule has 4 nitrogen and oxygen atoms in total. The Morgan fingerprint density at radius 2 is 1.89 bits per heavy atom. The van der Waals surface area contributed by atoms with Crippen molar-refractivity contribution in [1.82, 2.24) is 9.97 Å². The van der Waals surface area contributed by atoms with Gasteiger partial charge in [0.1, 0.15) is 17.5 Å². The predicted molar refractivity (Wildman–Crippen MR) is 86.4 cm³/mol. The van der Waals surface area contributed by atoms with Gasteiger partial charge in [0.15, 0.2) is 0 Å². The maximum absolute atomic E-state index is 4.61. The second kappa shape index (κ2) is 6.98. The number of nitrogens with one attached hydrogen (secondary N) is 2. The molecule has 19 heavy (non-hydrogen) atoms. The van der Waals surface area contributed by atoms with Crippen LogP contribution < -0.4 is 10.6 Å². The molecule has 5 heteroatoms. The van der Waals surface area contributed by atoms with Gasteiger partial charge in [-0.25, -0.2) is 9.97 Å². The molecule has 0 fully saturated rings. The predicted octanol–water partition coefficient (Wildman–Crippen LogP) is 3.37. The maximum atomic E-state index is 4.61. The molecule has 1 atom stereocenters. The zero-order valence-electron chi connectivity index (χ0n) is 12.9. The van der Waals surface area contributed by atoms with Crippen LogP contribution in [0.3, 0.4) is 0 Å². The molecule has 0 amide bonds. The monoisotopic (exact) mass is 282 g/mol.